The van der Waals surface area contributed by atoms with Gasteiger partial charge >= 0.3 is 12.1 Å². The molecule has 2 amide bonds. The number of nitrogens with one attached hydrogen (secondary N) is 3. The van der Waals surface area contributed by atoms with E-state index in [1.165, 1.54) is 0 Å². The molecule has 57 heavy (non-hydrogen) atoms. The normalized spacial score (nSPS) is 15.4. The first kappa shape index (κ1) is 40.8. The lowest BCUT2D eigenvalue weighted by molar-refractivity contribution is -0.142. The largest absolute Gasteiger partial charge is 0.487 e. The van der Waals surface area contributed by atoms with Crippen molar-refractivity contribution in [2.45, 2.75) is 88.8 Å². The van der Waals surface area contributed by atoms with Gasteiger partial charge in [-0.1, -0.05) is 78.9 Å². The molecule has 1 aliphatic heterocycles. The second-order valence-electron chi connectivity index (χ2n) is 15.2. The number of carboxylic acids is 1. The molecule has 0 fully saturated rings. The number of benzene rings is 4. The molecule has 6 rings (SSSR count). The van der Waals surface area contributed by atoms with Gasteiger partial charge in [0.2, 0.25) is 11.9 Å². The number of guanidine groups is 1. The summed E-state index contributed by atoms with van der Waals surface area (Å²) in [7, 11) is -4.12. The van der Waals surface area contributed by atoms with Crippen LogP contribution in [0.25, 0.3) is 11.1 Å². The third-order valence-electron chi connectivity index (χ3n) is 10.6. The highest BCUT2D eigenvalue weighted by Gasteiger charge is 2.37. The highest BCUT2D eigenvalue weighted by atomic mass is 32.2. The van der Waals surface area contributed by atoms with Crippen LogP contribution in [0.15, 0.2) is 88.8 Å². The van der Waals surface area contributed by atoms with Crippen molar-refractivity contribution in [3.8, 4) is 16.9 Å². The smallest absolute Gasteiger partial charge is 0.407 e. The Labute approximate surface area is 333 Å². The van der Waals surface area contributed by atoms with Gasteiger partial charge in [-0.2, -0.15) is 0 Å². The number of hydrogen-bond donors (Lipinski definition) is 5. The molecular formula is C43H49N5O8S. The van der Waals surface area contributed by atoms with Gasteiger partial charge in [0.15, 0.2) is 0 Å². The van der Waals surface area contributed by atoms with E-state index in [9.17, 15) is 27.9 Å². The number of carbonyl (C=O) groups is 3. The quantitative estimate of drug-likeness (QED) is 0.0629. The molecule has 0 saturated carbocycles. The van der Waals surface area contributed by atoms with Crippen LogP contribution in [0, 0.1) is 20.8 Å². The summed E-state index contributed by atoms with van der Waals surface area (Å²) < 4.78 is 41.3. The van der Waals surface area contributed by atoms with Gasteiger partial charge in [0.25, 0.3) is 10.0 Å². The second-order valence-corrected chi connectivity index (χ2v) is 16.8. The van der Waals surface area contributed by atoms with Crippen molar-refractivity contribution < 1.29 is 37.4 Å². The summed E-state index contributed by atoms with van der Waals surface area (Å²) in [4.78, 5) is 43.4. The molecule has 2 atom stereocenters. The molecule has 1 heterocycles. The number of nitrogens with two attached hydrogens (primary N) is 1. The summed E-state index contributed by atoms with van der Waals surface area (Å²) >= 11 is 0. The van der Waals surface area contributed by atoms with Gasteiger partial charge in [0, 0.05) is 30.9 Å². The number of ether oxygens (including phenoxy) is 2. The fourth-order valence-electron chi connectivity index (χ4n) is 7.73. The van der Waals surface area contributed by atoms with Crippen LogP contribution in [0.4, 0.5) is 4.79 Å². The Morgan fingerprint density at radius 3 is 2.14 bits per heavy atom. The lowest BCUT2D eigenvalue weighted by atomic mass is 9.94. The van der Waals surface area contributed by atoms with Crippen LogP contribution in [0.5, 0.6) is 5.75 Å². The van der Waals surface area contributed by atoms with Crippen LogP contribution in [0.1, 0.15) is 71.6 Å². The molecule has 0 bridgehead atoms. The van der Waals surface area contributed by atoms with E-state index in [2.05, 4.69) is 20.3 Å². The van der Waals surface area contributed by atoms with Crippen molar-refractivity contribution in [2.75, 3.05) is 13.2 Å². The Kier molecular flexibility index (Phi) is 11.9. The van der Waals surface area contributed by atoms with Crippen molar-refractivity contribution in [1.29, 1.82) is 0 Å². The molecule has 0 unspecified atom stereocenters. The van der Waals surface area contributed by atoms with Crippen LogP contribution in [-0.4, -0.2) is 68.3 Å². The highest BCUT2D eigenvalue weighted by molar-refractivity contribution is 7.90. The molecule has 0 spiro atoms. The number of fused-ring (bicyclic) bond motifs is 4. The first-order chi connectivity index (χ1) is 27.1. The third-order valence-corrected chi connectivity index (χ3v) is 12.2. The minimum Gasteiger partial charge on any atom is -0.487 e. The molecule has 6 N–H and O–H groups in total. The molecule has 300 valence electrons. The van der Waals surface area contributed by atoms with E-state index in [4.69, 9.17) is 15.2 Å². The summed E-state index contributed by atoms with van der Waals surface area (Å²) in [5.41, 5.74) is 13.2. The number of carboxylic acid groups (broad SMARTS) is 1. The maximum absolute atomic E-state index is 13.6. The summed E-state index contributed by atoms with van der Waals surface area (Å²) in [5, 5.41) is 15.2. The van der Waals surface area contributed by atoms with Gasteiger partial charge in [-0.05, 0) is 92.0 Å². The van der Waals surface area contributed by atoms with Gasteiger partial charge in [0.1, 0.15) is 30.0 Å². The van der Waals surface area contributed by atoms with Crippen molar-refractivity contribution in [3.63, 3.8) is 0 Å². The van der Waals surface area contributed by atoms with Crippen molar-refractivity contribution >= 4 is 34.0 Å². The number of carbonyl (C=O) groups excluding carboxylic acids is 2. The van der Waals surface area contributed by atoms with E-state index < -0.39 is 45.7 Å². The Morgan fingerprint density at radius 2 is 1.51 bits per heavy atom. The SMILES string of the molecule is Cc1c(C)c(S(=O)(=O)NC(N)=NCCC[C@H](NC(=O)[C@H](Cc2ccccc2)NC(=O)OCC2c3ccccc3-c3ccccc32)C(=O)O)c(C)c2c1OC(C)(C)C2. The average Bonchev–Trinajstić information content (AvgIpc) is 3.67. The molecule has 0 saturated heterocycles. The predicted octanol–water partition coefficient (Wildman–Crippen LogP) is 5.42. The number of rotatable bonds is 14. The summed E-state index contributed by atoms with van der Waals surface area (Å²) in [6, 6.07) is 22.4. The number of alkyl carbamates (subject to hydrolysis) is 1. The van der Waals surface area contributed by atoms with E-state index in [1.54, 1.807) is 38.1 Å². The maximum Gasteiger partial charge on any atom is 0.407 e. The molecule has 0 radical (unpaired) electrons. The third kappa shape index (κ3) is 9.07. The summed E-state index contributed by atoms with van der Waals surface area (Å²) in [5.74, 6) is -1.83. The Bertz CT molecular complexity index is 2280. The Hall–Kier alpha value is -5.89. The van der Waals surface area contributed by atoms with E-state index in [0.717, 1.165) is 38.9 Å². The Balaban J connectivity index is 1.07. The van der Waals surface area contributed by atoms with Gasteiger partial charge in [-0.15, -0.1) is 0 Å². The molecule has 1 aliphatic carbocycles. The van der Waals surface area contributed by atoms with E-state index >= 15 is 0 Å². The molecule has 2 aliphatic rings. The fourth-order valence-corrected chi connectivity index (χ4v) is 9.26. The minimum absolute atomic E-state index is 0.0251. The van der Waals surface area contributed by atoms with Gasteiger partial charge in [0.05, 0.1) is 4.90 Å². The number of nitrogens with zero attached hydrogens (tertiary/aromatic N) is 1. The Morgan fingerprint density at radius 1 is 0.895 bits per heavy atom. The molecular weight excluding hydrogens is 747 g/mol. The van der Waals surface area contributed by atoms with Crippen LogP contribution in [0.2, 0.25) is 0 Å². The van der Waals surface area contributed by atoms with E-state index in [1.807, 2.05) is 75.4 Å². The molecule has 4 aromatic rings. The molecule has 4 aromatic carbocycles. The first-order valence-electron chi connectivity index (χ1n) is 18.9. The highest BCUT2D eigenvalue weighted by Crippen LogP contribution is 2.45. The second kappa shape index (κ2) is 16.7. The number of amides is 2. The predicted molar refractivity (Wildman–Crippen MR) is 217 cm³/mol. The topological polar surface area (TPSA) is 199 Å². The first-order valence-corrected chi connectivity index (χ1v) is 20.4. The van der Waals surface area contributed by atoms with Crippen molar-refractivity contribution in [3.05, 3.63) is 118 Å². The van der Waals surface area contributed by atoms with Crippen LogP contribution < -0.4 is 25.8 Å². The van der Waals surface area contributed by atoms with Gasteiger partial charge in [-0.25, -0.2) is 22.7 Å². The summed E-state index contributed by atoms with van der Waals surface area (Å²) in [6.07, 6.45) is -0.0833. The molecule has 13 nitrogen and oxygen atoms in total. The lowest BCUT2D eigenvalue weighted by Crippen LogP contribution is -2.52. The van der Waals surface area contributed by atoms with Crippen LogP contribution in [-0.2, 0) is 37.2 Å². The maximum atomic E-state index is 13.6. The summed E-state index contributed by atoms with van der Waals surface area (Å²) in [6.45, 7) is 9.20. The standard InChI is InChI=1S/C43H49N5O8S/c1-25-26(2)38(27(3)33-23-43(4,5)56-37(25)33)57(53,54)48-41(44)45-21-13-20-35(40(50)51)46-39(49)36(22-28-14-7-6-8-15-28)47-42(52)55-24-34-31-18-11-9-16-29(31)30-17-10-12-19-32(30)34/h6-12,14-19,34-36H,13,20-24H2,1-5H3,(H,46,49)(H,47,52)(H,50,51)(H3,44,45,48)/t35-,36-/m0/s1. The van der Waals surface area contributed by atoms with Crippen LogP contribution in [0.3, 0.4) is 0 Å². The van der Waals surface area contributed by atoms with E-state index in [-0.39, 0.29) is 49.2 Å². The zero-order valence-corrected chi connectivity index (χ0v) is 33.5. The zero-order chi connectivity index (χ0) is 41.1. The van der Waals surface area contributed by atoms with Gasteiger partial charge < -0.3 is 30.9 Å². The lowest BCUT2D eigenvalue weighted by Gasteiger charge is -2.22. The zero-order valence-electron chi connectivity index (χ0n) is 32.7. The minimum atomic E-state index is -4.12. The molecule has 14 heteroatoms. The average molecular weight is 796 g/mol. The number of sulfonamides is 1. The monoisotopic (exact) mass is 795 g/mol. The number of aliphatic imine (C=N–C) groups is 1. The molecule has 0 aromatic heterocycles. The fraction of sp³-hybridized carbons (Fsp3) is 0.349. The van der Waals surface area contributed by atoms with Crippen molar-refractivity contribution in [2.24, 2.45) is 10.7 Å². The number of aliphatic carboxylic acids is 1. The van der Waals surface area contributed by atoms with Gasteiger partial charge in [-0.3, -0.25) is 9.79 Å². The van der Waals surface area contributed by atoms with E-state index in [0.29, 0.717) is 23.3 Å². The van der Waals surface area contributed by atoms with Crippen molar-refractivity contribution in [1.82, 2.24) is 15.4 Å². The van der Waals surface area contributed by atoms with Crippen LogP contribution >= 0.6 is 0 Å². The number of hydrogen-bond acceptors (Lipinski definition) is 8.